The standard InChI is InChI=1S/C11H12BrFO2/c1-2-3-9-11(14)6-4-8(13)7(12)5-10(6)15-9/h4-5,9,11,14H,2-3H2,1H3. The molecule has 0 saturated heterocycles. The molecule has 0 aromatic heterocycles. The third-order valence-corrected chi connectivity index (χ3v) is 3.18. The second-order valence-electron chi connectivity index (χ2n) is 3.69. The van der Waals surface area contributed by atoms with Gasteiger partial charge in [0.15, 0.2) is 0 Å². The van der Waals surface area contributed by atoms with Gasteiger partial charge in [-0.05, 0) is 34.5 Å². The summed E-state index contributed by atoms with van der Waals surface area (Å²) in [7, 11) is 0. The van der Waals surface area contributed by atoms with E-state index in [4.69, 9.17) is 4.74 Å². The molecule has 2 unspecified atom stereocenters. The van der Waals surface area contributed by atoms with Crippen LogP contribution < -0.4 is 4.74 Å². The van der Waals surface area contributed by atoms with Crippen molar-refractivity contribution in [3.05, 3.63) is 28.0 Å². The predicted molar refractivity (Wildman–Crippen MR) is 58.4 cm³/mol. The van der Waals surface area contributed by atoms with Crippen LogP contribution in [0, 0.1) is 5.82 Å². The van der Waals surface area contributed by atoms with Gasteiger partial charge in [0.1, 0.15) is 23.8 Å². The minimum Gasteiger partial charge on any atom is -0.487 e. The first-order valence-corrected chi connectivity index (χ1v) is 5.76. The zero-order chi connectivity index (χ0) is 11.0. The average Bonchev–Trinajstić information content (AvgIpc) is 2.47. The first kappa shape index (κ1) is 10.9. The Morgan fingerprint density at radius 2 is 2.27 bits per heavy atom. The maximum atomic E-state index is 13.2. The summed E-state index contributed by atoms with van der Waals surface area (Å²) in [6.07, 6.45) is 0.760. The van der Waals surface area contributed by atoms with Crippen LogP contribution in [0.5, 0.6) is 5.75 Å². The van der Waals surface area contributed by atoms with Crippen LogP contribution in [0.3, 0.4) is 0 Å². The molecule has 0 aliphatic carbocycles. The van der Waals surface area contributed by atoms with Crippen LogP contribution in [0.4, 0.5) is 4.39 Å². The lowest BCUT2D eigenvalue weighted by molar-refractivity contribution is 0.0616. The van der Waals surface area contributed by atoms with Crippen molar-refractivity contribution in [2.24, 2.45) is 0 Å². The molecule has 1 aromatic rings. The summed E-state index contributed by atoms with van der Waals surface area (Å²) < 4.78 is 19.2. The summed E-state index contributed by atoms with van der Waals surface area (Å²) in [5.74, 6) is 0.211. The van der Waals surface area contributed by atoms with Crippen molar-refractivity contribution in [1.29, 1.82) is 0 Å². The normalized spacial score (nSPS) is 23.7. The number of hydrogen-bond acceptors (Lipinski definition) is 2. The number of benzene rings is 1. The molecule has 0 saturated carbocycles. The van der Waals surface area contributed by atoms with Gasteiger partial charge in [0.2, 0.25) is 0 Å². The van der Waals surface area contributed by atoms with E-state index in [2.05, 4.69) is 15.9 Å². The van der Waals surface area contributed by atoms with Crippen molar-refractivity contribution in [2.75, 3.05) is 0 Å². The molecule has 2 atom stereocenters. The Morgan fingerprint density at radius 3 is 2.93 bits per heavy atom. The van der Waals surface area contributed by atoms with Crippen LogP contribution in [-0.2, 0) is 0 Å². The summed E-state index contributed by atoms with van der Waals surface area (Å²) in [6, 6.07) is 2.91. The second kappa shape index (κ2) is 4.10. The number of hydrogen-bond donors (Lipinski definition) is 1. The molecule has 0 amide bonds. The van der Waals surface area contributed by atoms with Crippen LogP contribution in [0.1, 0.15) is 31.4 Å². The van der Waals surface area contributed by atoms with Crippen LogP contribution in [-0.4, -0.2) is 11.2 Å². The van der Waals surface area contributed by atoms with Gasteiger partial charge >= 0.3 is 0 Å². The zero-order valence-corrected chi connectivity index (χ0v) is 9.92. The van der Waals surface area contributed by atoms with Crippen molar-refractivity contribution < 1.29 is 14.2 Å². The van der Waals surface area contributed by atoms with Crippen LogP contribution in [0.25, 0.3) is 0 Å². The molecule has 2 nitrogen and oxygen atoms in total. The number of halogens is 2. The third kappa shape index (κ3) is 1.88. The highest BCUT2D eigenvalue weighted by atomic mass is 79.9. The number of aliphatic hydroxyl groups is 1. The molecule has 1 aromatic carbocycles. The van der Waals surface area contributed by atoms with E-state index in [-0.39, 0.29) is 11.9 Å². The fraction of sp³-hybridized carbons (Fsp3) is 0.455. The molecule has 1 N–H and O–H groups in total. The maximum Gasteiger partial charge on any atom is 0.138 e. The molecule has 1 aliphatic rings. The van der Waals surface area contributed by atoms with Gasteiger partial charge in [-0.15, -0.1) is 0 Å². The molecule has 82 valence electrons. The molecule has 1 aliphatic heterocycles. The highest BCUT2D eigenvalue weighted by molar-refractivity contribution is 9.10. The Labute approximate surface area is 96.2 Å². The van der Waals surface area contributed by atoms with Crippen molar-refractivity contribution >= 4 is 15.9 Å². The molecule has 0 radical (unpaired) electrons. The summed E-state index contributed by atoms with van der Waals surface area (Å²) in [6.45, 7) is 2.02. The van der Waals surface area contributed by atoms with Gasteiger partial charge in [-0.1, -0.05) is 13.3 Å². The van der Waals surface area contributed by atoms with Gasteiger partial charge in [-0.25, -0.2) is 4.39 Å². The SMILES string of the molecule is CCCC1Oc2cc(Br)c(F)cc2C1O. The van der Waals surface area contributed by atoms with Crippen molar-refractivity contribution in [2.45, 2.75) is 32.0 Å². The minimum absolute atomic E-state index is 0.237. The van der Waals surface area contributed by atoms with Crippen LogP contribution in [0.15, 0.2) is 16.6 Å². The van der Waals surface area contributed by atoms with Gasteiger partial charge < -0.3 is 9.84 Å². The molecule has 4 heteroatoms. The molecule has 1 heterocycles. The lowest BCUT2D eigenvalue weighted by Crippen LogP contribution is -2.17. The zero-order valence-electron chi connectivity index (χ0n) is 8.34. The molecular formula is C11H12BrFO2. The van der Waals surface area contributed by atoms with Gasteiger partial charge in [0.05, 0.1) is 4.47 Å². The molecule has 0 fully saturated rings. The molecule has 0 bridgehead atoms. The lowest BCUT2D eigenvalue weighted by Gasteiger charge is -2.12. The first-order chi connectivity index (χ1) is 7.13. The summed E-state index contributed by atoms with van der Waals surface area (Å²) in [4.78, 5) is 0. The lowest BCUT2D eigenvalue weighted by atomic mass is 10.0. The smallest absolute Gasteiger partial charge is 0.138 e. The molecular weight excluding hydrogens is 263 g/mol. The Bertz CT molecular complexity index is 381. The van der Waals surface area contributed by atoms with Gasteiger partial charge in [-0.3, -0.25) is 0 Å². The molecule has 15 heavy (non-hydrogen) atoms. The summed E-state index contributed by atoms with van der Waals surface area (Å²) in [5.41, 5.74) is 0.550. The van der Waals surface area contributed by atoms with Gasteiger partial charge in [0.25, 0.3) is 0 Å². The van der Waals surface area contributed by atoms with Gasteiger partial charge in [-0.2, -0.15) is 0 Å². The fourth-order valence-electron chi connectivity index (χ4n) is 1.81. The Hall–Kier alpha value is -0.610. The fourth-order valence-corrected chi connectivity index (χ4v) is 2.13. The van der Waals surface area contributed by atoms with Crippen LogP contribution >= 0.6 is 15.9 Å². The summed E-state index contributed by atoms with van der Waals surface area (Å²) in [5, 5.41) is 9.88. The van der Waals surface area contributed by atoms with E-state index in [1.165, 1.54) is 6.07 Å². The van der Waals surface area contributed by atoms with E-state index in [9.17, 15) is 9.50 Å². The first-order valence-electron chi connectivity index (χ1n) is 4.97. The van der Waals surface area contributed by atoms with Crippen LogP contribution in [0.2, 0.25) is 0 Å². The quantitative estimate of drug-likeness (QED) is 0.898. The van der Waals surface area contributed by atoms with Crippen molar-refractivity contribution in [3.63, 3.8) is 0 Å². The van der Waals surface area contributed by atoms with E-state index < -0.39 is 6.10 Å². The van der Waals surface area contributed by atoms with Gasteiger partial charge in [0, 0.05) is 5.56 Å². The van der Waals surface area contributed by atoms with Crippen molar-refractivity contribution in [3.8, 4) is 5.75 Å². The Balaban J connectivity index is 2.33. The Kier molecular flexibility index (Phi) is 2.98. The highest BCUT2D eigenvalue weighted by Gasteiger charge is 2.32. The number of rotatable bonds is 2. The largest absolute Gasteiger partial charge is 0.487 e. The third-order valence-electron chi connectivity index (χ3n) is 2.58. The maximum absolute atomic E-state index is 13.2. The van der Waals surface area contributed by atoms with E-state index in [1.807, 2.05) is 6.92 Å². The second-order valence-corrected chi connectivity index (χ2v) is 4.55. The summed E-state index contributed by atoms with van der Waals surface area (Å²) >= 11 is 3.09. The number of ether oxygens (including phenoxy) is 1. The minimum atomic E-state index is -0.706. The van der Waals surface area contributed by atoms with E-state index in [0.717, 1.165) is 12.8 Å². The van der Waals surface area contributed by atoms with E-state index in [0.29, 0.717) is 15.8 Å². The van der Waals surface area contributed by atoms with E-state index >= 15 is 0 Å². The highest BCUT2D eigenvalue weighted by Crippen LogP contribution is 2.40. The predicted octanol–water partition coefficient (Wildman–Crippen LogP) is 3.18. The topological polar surface area (TPSA) is 29.5 Å². The molecule has 0 spiro atoms. The van der Waals surface area contributed by atoms with Crippen molar-refractivity contribution in [1.82, 2.24) is 0 Å². The Morgan fingerprint density at radius 1 is 1.53 bits per heavy atom. The van der Waals surface area contributed by atoms with E-state index in [1.54, 1.807) is 6.07 Å². The number of fused-ring (bicyclic) bond motifs is 1. The molecule has 2 rings (SSSR count). The number of aliphatic hydroxyl groups excluding tert-OH is 1. The monoisotopic (exact) mass is 274 g/mol. The average molecular weight is 275 g/mol.